The van der Waals surface area contributed by atoms with Gasteiger partial charge in [0.2, 0.25) is 0 Å². The summed E-state index contributed by atoms with van der Waals surface area (Å²) in [5.74, 6) is -1.42. The highest BCUT2D eigenvalue weighted by Crippen LogP contribution is 2.62. The van der Waals surface area contributed by atoms with Gasteiger partial charge in [-0.15, -0.1) is 0 Å². The van der Waals surface area contributed by atoms with E-state index in [-0.39, 0.29) is 11.8 Å². The van der Waals surface area contributed by atoms with Gasteiger partial charge in [0.15, 0.2) is 0 Å². The fourth-order valence-electron chi connectivity index (χ4n) is 4.89. The number of hydrogen-bond donors (Lipinski definition) is 0. The van der Waals surface area contributed by atoms with Crippen LogP contribution in [0.3, 0.4) is 0 Å². The van der Waals surface area contributed by atoms with Crippen LogP contribution in [0.1, 0.15) is 48.0 Å². The van der Waals surface area contributed by atoms with Crippen molar-refractivity contribution in [3.05, 3.63) is 11.1 Å². The lowest BCUT2D eigenvalue weighted by atomic mass is 9.68. The number of carbonyl (C=O) groups excluding carboxylic acids is 4. The van der Waals surface area contributed by atoms with Crippen molar-refractivity contribution in [3.63, 3.8) is 0 Å². The Balaban J connectivity index is 2.73. The molecule has 0 aliphatic heterocycles. The summed E-state index contributed by atoms with van der Waals surface area (Å²) in [4.78, 5) is 47.2. The maximum Gasteiger partial charge on any atom is 0.302 e. The first kappa shape index (κ1) is 19.3. The smallest absolute Gasteiger partial charge is 0.302 e. The van der Waals surface area contributed by atoms with E-state index >= 15 is 0 Å². The monoisotopic (exact) mass is 350 g/mol. The molecular weight excluding hydrogens is 324 g/mol. The van der Waals surface area contributed by atoms with E-state index in [1.54, 1.807) is 6.92 Å². The summed E-state index contributed by atoms with van der Waals surface area (Å²) in [7, 11) is 0. The number of aldehydes is 2. The summed E-state index contributed by atoms with van der Waals surface area (Å²) < 4.78 is 11.1. The third-order valence-electron chi connectivity index (χ3n) is 5.69. The molecule has 0 radical (unpaired) electrons. The van der Waals surface area contributed by atoms with Crippen molar-refractivity contribution in [1.82, 2.24) is 0 Å². The number of ether oxygens (including phenoxy) is 2. The fraction of sp³-hybridized carbons (Fsp3) is 0.684. The lowest BCUT2D eigenvalue weighted by Crippen LogP contribution is -2.43. The minimum Gasteiger partial charge on any atom is -0.462 e. The third-order valence-corrected chi connectivity index (χ3v) is 5.69. The van der Waals surface area contributed by atoms with Crippen LogP contribution in [0.5, 0.6) is 0 Å². The standard InChI is InChI=1S/C19H26O6/c1-10-7-14(24-11(2)22)16-15(13(10)8-20)19(6,9-21)17(18(16,4)5)25-12(3)23/h8-10,14,16-17H,7H2,1-6H3/t10-,14+,16?,17-,19-/m1/s1. The van der Waals surface area contributed by atoms with Crippen molar-refractivity contribution >= 4 is 24.5 Å². The second-order valence-electron chi connectivity index (χ2n) is 7.96. The molecule has 0 N–H and O–H groups in total. The van der Waals surface area contributed by atoms with E-state index in [2.05, 4.69) is 0 Å². The van der Waals surface area contributed by atoms with Crippen molar-refractivity contribution in [1.29, 1.82) is 0 Å². The average molecular weight is 350 g/mol. The molecule has 0 spiro atoms. The van der Waals surface area contributed by atoms with Crippen LogP contribution in [0.25, 0.3) is 0 Å². The van der Waals surface area contributed by atoms with Gasteiger partial charge in [0, 0.05) is 25.2 Å². The van der Waals surface area contributed by atoms with Crippen LogP contribution >= 0.6 is 0 Å². The van der Waals surface area contributed by atoms with Gasteiger partial charge >= 0.3 is 11.9 Å². The lowest BCUT2D eigenvalue weighted by molar-refractivity contribution is -0.163. The molecule has 0 aromatic rings. The van der Waals surface area contributed by atoms with Gasteiger partial charge in [-0.3, -0.25) is 14.4 Å². The number of fused-ring (bicyclic) bond motifs is 1. The minimum absolute atomic E-state index is 0.153. The number of allylic oxidation sites excluding steroid dienone is 1. The molecule has 138 valence electrons. The first-order chi connectivity index (χ1) is 11.5. The molecule has 1 fully saturated rings. The molecule has 1 unspecified atom stereocenters. The van der Waals surface area contributed by atoms with Gasteiger partial charge in [0.25, 0.3) is 0 Å². The van der Waals surface area contributed by atoms with Crippen LogP contribution in [0.2, 0.25) is 0 Å². The van der Waals surface area contributed by atoms with E-state index < -0.39 is 35.0 Å². The molecule has 2 aliphatic rings. The Bertz CT molecular complexity index is 646. The highest BCUT2D eigenvalue weighted by Gasteiger charge is 2.65. The van der Waals surface area contributed by atoms with E-state index in [0.717, 1.165) is 12.6 Å². The first-order valence-corrected chi connectivity index (χ1v) is 8.51. The Morgan fingerprint density at radius 3 is 2.08 bits per heavy atom. The zero-order chi connectivity index (χ0) is 19.2. The Morgan fingerprint density at radius 1 is 1.08 bits per heavy atom. The summed E-state index contributed by atoms with van der Waals surface area (Å²) in [6.45, 7) is 9.97. The lowest BCUT2D eigenvalue weighted by Gasteiger charge is -2.40. The largest absolute Gasteiger partial charge is 0.462 e. The highest BCUT2D eigenvalue weighted by molar-refractivity contribution is 5.82. The number of esters is 2. The molecule has 0 amide bonds. The van der Waals surface area contributed by atoms with Crippen LogP contribution < -0.4 is 0 Å². The Kier molecular flexibility index (Phi) is 4.94. The van der Waals surface area contributed by atoms with E-state index in [9.17, 15) is 19.2 Å². The van der Waals surface area contributed by atoms with Crippen LogP contribution in [-0.4, -0.2) is 36.7 Å². The van der Waals surface area contributed by atoms with Gasteiger partial charge in [-0.05, 0) is 30.4 Å². The SMILES string of the molecule is CC(=O)O[C@H]1C[C@@H](C)C(C=O)=C2C1C(C)(C)[C@@H](OC(C)=O)[C@]2(C)C=O. The van der Waals surface area contributed by atoms with Gasteiger partial charge in [0.1, 0.15) is 24.8 Å². The Morgan fingerprint density at radius 2 is 1.64 bits per heavy atom. The van der Waals surface area contributed by atoms with Gasteiger partial charge in [-0.25, -0.2) is 0 Å². The van der Waals surface area contributed by atoms with E-state index in [1.165, 1.54) is 13.8 Å². The summed E-state index contributed by atoms with van der Waals surface area (Å²) >= 11 is 0. The summed E-state index contributed by atoms with van der Waals surface area (Å²) in [5.41, 5.74) is -0.626. The van der Waals surface area contributed by atoms with Crippen molar-refractivity contribution < 1.29 is 28.7 Å². The molecule has 6 nitrogen and oxygen atoms in total. The van der Waals surface area contributed by atoms with Crippen LogP contribution in [0, 0.1) is 22.7 Å². The highest BCUT2D eigenvalue weighted by atomic mass is 16.6. The normalized spacial score (nSPS) is 36.4. The predicted molar refractivity (Wildman–Crippen MR) is 89.4 cm³/mol. The second kappa shape index (κ2) is 6.39. The molecule has 1 saturated carbocycles. The fourth-order valence-corrected chi connectivity index (χ4v) is 4.89. The van der Waals surface area contributed by atoms with Crippen LogP contribution in [0.4, 0.5) is 0 Å². The van der Waals surface area contributed by atoms with Crippen molar-refractivity contribution in [2.24, 2.45) is 22.7 Å². The van der Waals surface area contributed by atoms with Crippen LogP contribution in [0.15, 0.2) is 11.1 Å². The maximum atomic E-state index is 12.1. The molecule has 2 rings (SSSR count). The number of carbonyl (C=O) groups is 4. The molecule has 25 heavy (non-hydrogen) atoms. The van der Waals surface area contributed by atoms with Crippen LogP contribution in [-0.2, 0) is 28.7 Å². The minimum atomic E-state index is -1.14. The Labute approximate surface area is 147 Å². The second-order valence-corrected chi connectivity index (χ2v) is 7.96. The number of hydrogen-bond acceptors (Lipinski definition) is 6. The average Bonchev–Trinajstić information content (AvgIpc) is 2.66. The molecule has 0 aromatic carbocycles. The predicted octanol–water partition coefficient (Wildman–Crippen LogP) is 2.25. The summed E-state index contributed by atoms with van der Waals surface area (Å²) in [6.07, 6.45) is 0.816. The Hall–Kier alpha value is -1.98. The zero-order valence-corrected chi connectivity index (χ0v) is 15.6. The maximum absolute atomic E-state index is 12.1. The molecule has 0 saturated heterocycles. The van der Waals surface area contributed by atoms with Crippen molar-refractivity contribution in [2.75, 3.05) is 0 Å². The molecule has 0 aromatic heterocycles. The summed E-state index contributed by atoms with van der Waals surface area (Å²) in [5, 5.41) is 0. The van der Waals surface area contributed by atoms with E-state index in [0.29, 0.717) is 17.6 Å². The molecule has 0 heterocycles. The zero-order valence-electron chi connectivity index (χ0n) is 15.6. The molecule has 6 heteroatoms. The molecule has 2 aliphatic carbocycles. The van der Waals surface area contributed by atoms with Gasteiger partial charge < -0.3 is 14.3 Å². The first-order valence-electron chi connectivity index (χ1n) is 8.51. The van der Waals surface area contributed by atoms with E-state index in [4.69, 9.17) is 9.47 Å². The quantitative estimate of drug-likeness (QED) is 0.571. The van der Waals surface area contributed by atoms with Gasteiger partial charge in [-0.1, -0.05) is 20.8 Å². The molecule has 5 atom stereocenters. The van der Waals surface area contributed by atoms with E-state index in [1.807, 2.05) is 20.8 Å². The number of rotatable bonds is 4. The van der Waals surface area contributed by atoms with Gasteiger partial charge in [-0.2, -0.15) is 0 Å². The third kappa shape index (κ3) is 2.92. The topological polar surface area (TPSA) is 86.7 Å². The summed E-state index contributed by atoms with van der Waals surface area (Å²) in [6, 6.07) is 0. The van der Waals surface area contributed by atoms with Crippen molar-refractivity contribution in [3.8, 4) is 0 Å². The van der Waals surface area contributed by atoms with Gasteiger partial charge in [0.05, 0.1) is 5.41 Å². The molecular formula is C19H26O6. The molecule has 0 bridgehead atoms. The van der Waals surface area contributed by atoms with Crippen molar-refractivity contribution in [2.45, 2.75) is 60.2 Å².